The second-order valence-corrected chi connectivity index (χ2v) is 4.94. The summed E-state index contributed by atoms with van der Waals surface area (Å²) in [5, 5.41) is 0. The minimum absolute atomic E-state index is 0.0456. The fraction of sp³-hybridized carbons (Fsp3) is 0.500. The van der Waals surface area contributed by atoms with Gasteiger partial charge in [-0.05, 0) is 43.4 Å². The van der Waals surface area contributed by atoms with E-state index in [1.807, 2.05) is 4.90 Å². The molecule has 0 aliphatic carbocycles. The number of hydrogen-bond donors (Lipinski definition) is 0. The van der Waals surface area contributed by atoms with Crippen molar-refractivity contribution in [2.24, 2.45) is 5.92 Å². The highest BCUT2D eigenvalue weighted by atomic mass is 19.1. The number of carbonyl (C=O) groups excluding carboxylic acids is 1. The van der Waals surface area contributed by atoms with Gasteiger partial charge < -0.3 is 4.90 Å². The van der Waals surface area contributed by atoms with Crippen LogP contribution >= 0.6 is 0 Å². The van der Waals surface area contributed by atoms with Crippen molar-refractivity contribution >= 4 is 5.91 Å². The molecule has 0 unspecified atom stereocenters. The molecule has 0 radical (unpaired) electrons. The van der Waals surface area contributed by atoms with Gasteiger partial charge in [-0.1, -0.05) is 13.0 Å². The van der Waals surface area contributed by atoms with Crippen LogP contribution in [0.2, 0.25) is 0 Å². The predicted molar refractivity (Wildman–Crippen MR) is 65.4 cm³/mol. The van der Waals surface area contributed by atoms with E-state index in [9.17, 15) is 9.18 Å². The van der Waals surface area contributed by atoms with Crippen LogP contribution in [0.1, 0.15) is 35.7 Å². The molecule has 3 heteroatoms. The molecule has 1 fully saturated rings. The van der Waals surface area contributed by atoms with Crippen molar-refractivity contribution in [2.75, 3.05) is 13.1 Å². The van der Waals surface area contributed by atoms with Crippen LogP contribution in [0.5, 0.6) is 0 Å². The van der Waals surface area contributed by atoms with Gasteiger partial charge in [0, 0.05) is 18.7 Å². The van der Waals surface area contributed by atoms with Gasteiger partial charge in [-0.2, -0.15) is 0 Å². The van der Waals surface area contributed by atoms with Crippen LogP contribution in [0.15, 0.2) is 18.2 Å². The van der Waals surface area contributed by atoms with Gasteiger partial charge in [0.15, 0.2) is 0 Å². The Morgan fingerprint density at radius 3 is 2.59 bits per heavy atom. The molecule has 2 rings (SSSR count). The van der Waals surface area contributed by atoms with Crippen LogP contribution in [0.25, 0.3) is 0 Å². The van der Waals surface area contributed by atoms with E-state index in [1.54, 1.807) is 19.1 Å². The topological polar surface area (TPSA) is 20.3 Å². The highest BCUT2D eigenvalue weighted by molar-refractivity contribution is 5.94. The number of benzene rings is 1. The fourth-order valence-electron chi connectivity index (χ4n) is 2.12. The van der Waals surface area contributed by atoms with Gasteiger partial charge in [0.25, 0.3) is 5.91 Å². The van der Waals surface area contributed by atoms with Gasteiger partial charge in [0.05, 0.1) is 0 Å². The van der Waals surface area contributed by atoms with E-state index >= 15 is 0 Å². The van der Waals surface area contributed by atoms with E-state index < -0.39 is 0 Å². The smallest absolute Gasteiger partial charge is 0.253 e. The summed E-state index contributed by atoms with van der Waals surface area (Å²) in [7, 11) is 0. The Morgan fingerprint density at radius 2 is 2.00 bits per heavy atom. The zero-order valence-electron chi connectivity index (χ0n) is 10.4. The molecule has 2 nitrogen and oxygen atoms in total. The summed E-state index contributed by atoms with van der Waals surface area (Å²) in [5.41, 5.74) is 1.04. The van der Waals surface area contributed by atoms with Crippen LogP contribution in [-0.2, 0) is 0 Å². The molecule has 1 aliphatic heterocycles. The Labute approximate surface area is 101 Å². The normalized spacial score (nSPS) is 17.2. The zero-order chi connectivity index (χ0) is 12.4. The minimum Gasteiger partial charge on any atom is -0.339 e. The largest absolute Gasteiger partial charge is 0.339 e. The molecule has 1 aromatic rings. The Kier molecular flexibility index (Phi) is 3.46. The molecule has 17 heavy (non-hydrogen) atoms. The summed E-state index contributed by atoms with van der Waals surface area (Å²) in [6.45, 7) is 5.48. The standard InChI is InChI=1S/C14H18FNO/c1-10-5-7-16(8-6-10)14(17)12-4-3-11(2)13(15)9-12/h3-4,9-10H,5-8H2,1-2H3. The molecule has 92 valence electrons. The summed E-state index contributed by atoms with van der Waals surface area (Å²) in [4.78, 5) is 14.0. The average molecular weight is 235 g/mol. The third-order valence-corrected chi connectivity index (χ3v) is 3.49. The Balaban J connectivity index is 2.11. The first-order chi connectivity index (χ1) is 8.08. The maximum Gasteiger partial charge on any atom is 0.253 e. The lowest BCUT2D eigenvalue weighted by Gasteiger charge is -2.30. The van der Waals surface area contributed by atoms with Gasteiger partial charge in [-0.15, -0.1) is 0 Å². The highest BCUT2D eigenvalue weighted by Crippen LogP contribution is 2.19. The number of amides is 1. The van der Waals surface area contributed by atoms with Gasteiger partial charge in [0.1, 0.15) is 5.82 Å². The molecular formula is C14H18FNO. The van der Waals surface area contributed by atoms with Gasteiger partial charge in [0.2, 0.25) is 0 Å². The quantitative estimate of drug-likeness (QED) is 0.732. The summed E-state index contributed by atoms with van der Waals surface area (Å²) in [5.74, 6) is 0.339. The SMILES string of the molecule is Cc1ccc(C(=O)N2CCC(C)CC2)cc1F. The number of nitrogens with zero attached hydrogens (tertiary/aromatic N) is 1. The van der Waals surface area contributed by atoms with Crippen LogP contribution in [0, 0.1) is 18.7 Å². The van der Waals surface area contributed by atoms with E-state index in [2.05, 4.69) is 6.92 Å². The van der Waals surface area contributed by atoms with Crippen molar-refractivity contribution in [3.8, 4) is 0 Å². The number of halogens is 1. The maximum atomic E-state index is 13.4. The lowest BCUT2D eigenvalue weighted by molar-refractivity contribution is 0.0696. The third-order valence-electron chi connectivity index (χ3n) is 3.49. The third kappa shape index (κ3) is 2.65. The van der Waals surface area contributed by atoms with E-state index in [-0.39, 0.29) is 11.7 Å². The highest BCUT2D eigenvalue weighted by Gasteiger charge is 2.21. The van der Waals surface area contributed by atoms with Gasteiger partial charge in [-0.25, -0.2) is 4.39 Å². The van der Waals surface area contributed by atoms with Gasteiger partial charge in [-0.3, -0.25) is 4.79 Å². The van der Waals surface area contributed by atoms with Crippen LogP contribution in [-0.4, -0.2) is 23.9 Å². The molecule has 0 atom stereocenters. The van der Waals surface area contributed by atoms with Crippen molar-refractivity contribution in [3.05, 3.63) is 35.1 Å². The van der Waals surface area contributed by atoms with Crippen molar-refractivity contribution < 1.29 is 9.18 Å². The molecule has 0 bridgehead atoms. The van der Waals surface area contributed by atoms with Crippen LogP contribution < -0.4 is 0 Å². The Bertz CT molecular complexity index is 422. The Hall–Kier alpha value is -1.38. The minimum atomic E-state index is -0.304. The zero-order valence-corrected chi connectivity index (χ0v) is 10.4. The number of aryl methyl sites for hydroxylation is 1. The molecule has 1 amide bonds. The molecule has 1 aliphatic rings. The van der Waals surface area contributed by atoms with Gasteiger partial charge >= 0.3 is 0 Å². The number of rotatable bonds is 1. The van der Waals surface area contributed by atoms with E-state index in [0.29, 0.717) is 17.0 Å². The summed E-state index contributed by atoms with van der Waals surface area (Å²) in [6, 6.07) is 4.71. The summed E-state index contributed by atoms with van der Waals surface area (Å²) < 4.78 is 13.4. The molecular weight excluding hydrogens is 217 g/mol. The molecule has 0 saturated carbocycles. The van der Waals surface area contributed by atoms with E-state index in [0.717, 1.165) is 25.9 Å². The molecule has 1 aromatic carbocycles. The van der Waals surface area contributed by atoms with E-state index in [1.165, 1.54) is 6.07 Å². The number of carbonyl (C=O) groups is 1. The fourth-order valence-corrected chi connectivity index (χ4v) is 2.12. The molecule has 1 heterocycles. The van der Waals surface area contributed by atoms with E-state index in [4.69, 9.17) is 0 Å². The second kappa shape index (κ2) is 4.86. The number of hydrogen-bond acceptors (Lipinski definition) is 1. The number of piperidine rings is 1. The first-order valence-electron chi connectivity index (χ1n) is 6.13. The maximum absolute atomic E-state index is 13.4. The van der Waals surface area contributed by atoms with Crippen molar-refractivity contribution in [3.63, 3.8) is 0 Å². The monoisotopic (exact) mass is 235 g/mol. The molecule has 0 N–H and O–H groups in total. The number of likely N-dealkylation sites (tertiary alicyclic amines) is 1. The molecule has 1 saturated heterocycles. The van der Waals surface area contributed by atoms with Crippen molar-refractivity contribution in [2.45, 2.75) is 26.7 Å². The summed E-state index contributed by atoms with van der Waals surface area (Å²) in [6.07, 6.45) is 2.08. The second-order valence-electron chi connectivity index (χ2n) is 4.94. The van der Waals surface area contributed by atoms with Crippen LogP contribution in [0.4, 0.5) is 4.39 Å². The first-order valence-corrected chi connectivity index (χ1v) is 6.13. The summed E-state index contributed by atoms with van der Waals surface area (Å²) >= 11 is 0. The van der Waals surface area contributed by atoms with Crippen molar-refractivity contribution in [1.82, 2.24) is 4.90 Å². The molecule has 0 spiro atoms. The average Bonchev–Trinajstić information content (AvgIpc) is 2.33. The Morgan fingerprint density at radius 1 is 1.35 bits per heavy atom. The molecule has 0 aromatic heterocycles. The lowest BCUT2D eigenvalue weighted by atomic mass is 9.98. The predicted octanol–water partition coefficient (Wildman–Crippen LogP) is 3.01. The lowest BCUT2D eigenvalue weighted by Crippen LogP contribution is -2.37. The van der Waals surface area contributed by atoms with Crippen molar-refractivity contribution in [1.29, 1.82) is 0 Å². The van der Waals surface area contributed by atoms with Crippen LogP contribution in [0.3, 0.4) is 0 Å². The first kappa shape index (κ1) is 12.1.